The molecule has 1 aliphatic carbocycles. The molecule has 0 atom stereocenters. The van der Waals surface area contributed by atoms with Crippen LogP contribution in [0.4, 0.5) is 4.39 Å². The van der Waals surface area contributed by atoms with Crippen molar-refractivity contribution in [2.75, 3.05) is 0 Å². The number of fused-ring (bicyclic) bond motifs is 1. The number of hydrogen-bond acceptors (Lipinski definition) is 5. The van der Waals surface area contributed by atoms with Gasteiger partial charge in [-0.1, -0.05) is 19.8 Å². The van der Waals surface area contributed by atoms with Crippen LogP contribution in [0.2, 0.25) is 0 Å². The van der Waals surface area contributed by atoms with Crippen LogP contribution in [-0.2, 0) is 6.54 Å². The van der Waals surface area contributed by atoms with Crippen LogP contribution in [0.25, 0.3) is 17.0 Å². The highest BCUT2D eigenvalue weighted by molar-refractivity contribution is 5.87. The summed E-state index contributed by atoms with van der Waals surface area (Å²) < 4.78 is 16.8. The molecule has 27 heavy (non-hydrogen) atoms. The molecule has 3 aromatic rings. The van der Waals surface area contributed by atoms with E-state index in [1.807, 2.05) is 0 Å². The Balaban J connectivity index is 1.70. The van der Waals surface area contributed by atoms with Gasteiger partial charge >= 0.3 is 5.97 Å². The van der Waals surface area contributed by atoms with Gasteiger partial charge in [0.1, 0.15) is 0 Å². The van der Waals surface area contributed by atoms with E-state index in [-0.39, 0.29) is 22.5 Å². The van der Waals surface area contributed by atoms with E-state index < -0.39 is 17.5 Å². The van der Waals surface area contributed by atoms with Crippen LogP contribution in [-0.4, -0.2) is 40.6 Å². The largest absolute Gasteiger partial charge is 0.478 e. The third-order valence-corrected chi connectivity index (χ3v) is 5.16. The molecule has 0 unspecified atom stereocenters. The number of aromatic amines is 1. The fourth-order valence-electron chi connectivity index (χ4n) is 3.59. The molecular weight excluding hydrogens is 355 g/mol. The van der Waals surface area contributed by atoms with Crippen LogP contribution in [0, 0.1) is 17.8 Å². The van der Waals surface area contributed by atoms with Gasteiger partial charge in [0.2, 0.25) is 5.95 Å². The van der Waals surface area contributed by atoms with Crippen molar-refractivity contribution in [1.82, 2.24) is 29.5 Å². The first-order valence-electron chi connectivity index (χ1n) is 8.87. The maximum Gasteiger partial charge on any atom is 0.338 e. The average Bonchev–Trinajstić information content (AvgIpc) is 3.23. The Bertz CT molecular complexity index is 1060. The van der Waals surface area contributed by atoms with E-state index in [1.165, 1.54) is 10.9 Å². The summed E-state index contributed by atoms with van der Waals surface area (Å²) >= 11 is 0. The van der Waals surface area contributed by atoms with Gasteiger partial charge in [-0.25, -0.2) is 14.5 Å². The highest BCUT2D eigenvalue weighted by Gasteiger charge is 2.23. The quantitative estimate of drug-likeness (QED) is 0.721. The molecule has 1 fully saturated rings. The minimum absolute atomic E-state index is 0.0649. The van der Waals surface area contributed by atoms with Gasteiger partial charge in [-0.2, -0.15) is 9.49 Å². The number of nitrogens with one attached hydrogen (secondary N) is 1. The van der Waals surface area contributed by atoms with Gasteiger partial charge in [-0.05, 0) is 24.7 Å². The van der Waals surface area contributed by atoms with E-state index in [9.17, 15) is 14.0 Å². The molecular formula is C17H19FN6O3. The standard InChI is InChI=1S/C17H19FN6O3/c1-9-2-4-10(5-3-9)7-23-13-12(14(18)22-23)20-17(21-15(13)25)24-8-11(6-19-24)16(26)27/h6,8-10H,2-5,7H2,1H3,(H,26,27)(H,20,21,25). The molecule has 1 aliphatic rings. The molecule has 9 nitrogen and oxygen atoms in total. The molecule has 1 saturated carbocycles. The van der Waals surface area contributed by atoms with Crippen LogP contribution >= 0.6 is 0 Å². The summed E-state index contributed by atoms with van der Waals surface area (Å²) in [7, 11) is 0. The summed E-state index contributed by atoms with van der Waals surface area (Å²) in [5.74, 6) is -1.00. The number of carbonyl (C=O) groups is 1. The molecule has 0 aromatic carbocycles. The number of aromatic nitrogens is 6. The van der Waals surface area contributed by atoms with Gasteiger partial charge in [0.05, 0.1) is 11.8 Å². The van der Waals surface area contributed by atoms with Crippen molar-refractivity contribution in [3.05, 3.63) is 34.3 Å². The first-order valence-corrected chi connectivity index (χ1v) is 8.87. The molecule has 10 heteroatoms. The predicted molar refractivity (Wildman–Crippen MR) is 93.3 cm³/mol. The lowest BCUT2D eigenvalue weighted by Crippen LogP contribution is -2.21. The summed E-state index contributed by atoms with van der Waals surface area (Å²) in [6, 6.07) is 0. The number of halogens is 1. The zero-order chi connectivity index (χ0) is 19.1. The smallest absolute Gasteiger partial charge is 0.338 e. The second-order valence-electron chi connectivity index (χ2n) is 7.16. The Morgan fingerprint density at radius 2 is 2.11 bits per heavy atom. The van der Waals surface area contributed by atoms with Gasteiger partial charge in [-0.15, -0.1) is 5.10 Å². The van der Waals surface area contributed by atoms with Gasteiger partial charge < -0.3 is 5.11 Å². The van der Waals surface area contributed by atoms with Crippen molar-refractivity contribution in [3.63, 3.8) is 0 Å². The van der Waals surface area contributed by atoms with Crippen molar-refractivity contribution in [2.45, 2.75) is 39.2 Å². The number of aromatic carboxylic acids is 1. The van der Waals surface area contributed by atoms with Crippen LogP contribution in [0.5, 0.6) is 0 Å². The number of rotatable bonds is 4. The Kier molecular flexibility index (Phi) is 4.25. The van der Waals surface area contributed by atoms with E-state index >= 15 is 0 Å². The Hall–Kier alpha value is -3.04. The fraction of sp³-hybridized carbons (Fsp3) is 0.471. The Morgan fingerprint density at radius 3 is 2.78 bits per heavy atom. The molecule has 142 valence electrons. The van der Waals surface area contributed by atoms with Gasteiger partial charge in [0, 0.05) is 12.7 Å². The summed E-state index contributed by atoms with van der Waals surface area (Å²) in [6.07, 6.45) is 6.61. The zero-order valence-electron chi connectivity index (χ0n) is 14.7. The van der Waals surface area contributed by atoms with Gasteiger partial charge in [-0.3, -0.25) is 14.5 Å². The fourth-order valence-corrected chi connectivity index (χ4v) is 3.59. The SMILES string of the molecule is CC1CCC(Cn2nc(F)c3nc(-n4cc(C(=O)O)cn4)[nH]c(=O)c32)CC1. The van der Waals surface area contributed by atoms with E-state index in [2.05, 4.69) is 27.1 Å². The van der Waals surface area contributed by atoms with E-state index in [0.29, 0.717) is 18.4 Å². The lowest BCUT2D eigenvalue weighted by atomic mass is 9.83. The van der Waals surface area contributed by atoms with Gasteiger partial charge in [0.25, 0.3) is 11.5 Å². The van der Waals surface area contributed by atoms with Crippen LogP contribution in [0.3, 0.4) is 0 Å². The van der Waals surface area contributed by atoms with Crippen molar-refractivity contribution < 1.29 is 14.3 Å². The molecule has 3 heterocycles. The first kappa shape index (κ1) is 17.4. The number of carboxylic acids is 1. The summed E-state index contributed by atoms with van der Waals surface area (Å²) in [6.45, 7) is 2.70. The maximum absolute atomic E-state index is 14.4. The number of carboxylic acid groups (broad SMARTS) is 1. The highest BCUT2D eigenvalue weighted by atomic mass is 19.1. The molecule has 3 aromatic heterocycles. The summed E-state index contributed by atoms with van der Waals surface area (Å²) in [5, 5.41) is 16.7. The number of hydrogen-bond donors (Lipinski definition) is 2. The first-order chi connectivity index (χ1) is 12.9. The van der Waals surface area contributed by atoms with Crippen molar-refractivity contribution in [2.24, 2.45) is 11.8 Å². The van der Waals surface area contributed by atoms with Crippen molar-refractivity contribution in [1.29, 1.82) is 0 Å². The van der Waals surface area contributed by atoms with E-state index in [0.717, 1.165) is 36.6 Å². The van der Waals surface area contributed by atoms with E-state index in [4.69, 9.17) is 5.11 Å². The second-order valence-corrected chi connectivity index (χ2v) is 7.16. The van der Waals surface area contributed by atoms with Crippen LogP contribution in [0.15, 0.2) is 17.2 Å². The monoisotopic (exact) mass is 374 g/mol. The Morgan fingerprint density at radius 1 is 1.37 bits per heavy atom. The maximum atomic E-state index is 14.4. The molecule has 0 saturated heterocycles. The minimum atomic E-state index is -1.16. The van der Waals surface area contributed by atoms with Crippen molar-refractivity contribution >= 4 is 17.0 Å². The third-order valence-electron chi connectivity index (χ3n) is 5.16. The van der Waals surface area contributed by atoms with Crippen molar-refractivity contribution in [3.8, 4) is 5.95 Å². The van der Waals surface area contributed by atoms with Crippen LogP contribution in [0.1, 0.15) is 43.0 Å². The third kappa shape index (κ3) is 3.22. The molecule has 0 amide bonds. The number of H-pyrrole nitrogens is 1. The normalized spacial score (nSPS) is 20.2. The lowest BCUT2D eigenvalue weighted by Gasteiger charge is -2.25. The minimum Gasteiger partial charge on any atom is -0.478 e. The summed E-state index contributed by atoms with van der Waals surface area (Å²) in [4.78, 5) is 30.2. The average molecular weight is 374 g/mol. The van der Waals surface area contributed by atoms with Gasteiger partial charge in [0.15, 0.2) is 11.0 Å². The molecule has 0 bridgehead atoms. The van der Waals surface area contributed by atoms with Crippen LogP contribution < -0.4 is 5.56 Å². The molecule has 0 radical (unpaired) electrons. The predicted octanol–water partition coefficient (Wildman–Crippen LogP) is 1.97. The zero-order valence-corrected chi connectivity index (χ0v) is 14.7. The molecule has 4 rings (SSSR count). The number of nitrogens with zero attached hydrogens (tertiary/aromatic N) is 5. The highest BCUT2D eigenvalue weighted by Crippen LogP contribution is 2.29. The second kappa shape index (κ2) is 6.60. The lowest BCUT2D eigenvalue weighted by molar-refractivity contribution is 0.0697. The molecule has 0 aliphatic heterocycles. The Labute approximate surface area is 152 Å². The van der Waals surface area contributed by atoms with E-state index in [1.54, 1.807) is 0 Å². The topological polar surface area (TPSA) is 119 Å². The summed E-state index contributed by atoms with van der Waals surface area (Å²) in [5.41, 5.74) is -0.672. The molecule has 2 N–H and O–H groups in total. The molecule has 0 spiro atoms.